The molecule has 7 nitrogen and oxygen atoms in total. The van der Waals surface area contributed by atoms with Crippen molar-refractivity contribution in [3.05, 3.63) is 83.3 Å². The number of hydrogen-bond acceptors (Lipinski definition) is 6. The highest BCUT2D eigenvalue weighted by atomic mass is 32.2. The zero-order chi connectivity index (χ0) is 26.0. The van der Waals surface area contributed by atoms with Gasteiger partial charge in [-0.2, -0.15) is 9.46 Å². The smallest absolute Gasteiger partial charge is 0.223 e. The molecule has 1 fully saturated rings. The zero-order valence-electron chi connectivity index (χ0n) is 20.8. The zero-order valence-corrected chi connectivity index (χ0v) is 21.6. The molecule has 4 aromatic rings. The van der Waals surface area contributed by atoms with Crippen molar-refractivity contribution in [2.75, 3.05) is 18.6 Å². The maximum atomic E-state index is 15.7. The van der Waals surface area contributed by atoms with E-state index in [4.69, 9.17) is 9.47 Å². The van der Waals surface area contributed by atoms with Gasteiger partial charge in [0.1, 0.15) is 17.9 Å². The van der Waals surface area contributed by atoms with Gasteiger partial charge >= 0.3 is 0 Å². The van der Waals surface area contributed by atoms with Crippen molar-refractivity contribution in [1.29, 1.82) is 0 Å². The van der Waals surface area contributed by atoms with E-state index in [1.165, 1.54) is 30.1 Å². The number of nitrogens with zero attached hydrogens (tertiary/aromatic N) is 3. The number of halogens is 1. The SMILES string of the molecule is COc1ccc(C(=O)c2cnn(C)c2OCc2ccc3ccccc3c2)c(F)c1N=S1(=O)CCCCC1. The van der Waals surface area contributed by atoms with Crippen LogP contribution in [0.2, 0.25) is 0 Å². The molecule has 1 saturated heterocycles. The lowest BCUT2D eigenvalue weighted by Crippen LogP contribution is -2.16. The van der Waals surface area contributed by atoms with Crippen LogP contribution < -0.4 is 9.47 Å². The van der Waals surface area contributed by atoms with Crippen molar-refractivity contribution >= 4 is 32.0 Å². The second kappa shape index (κ2) is 10.3. The molecule has 0 unspecified atom stereocenters. The topological polar surface area (TPSA) is 82.8 Å². The van der Waals surface area contributed by atoms with Crippen LogP contribution in [0.3, 0.4) is 0 Å². The molecule has 0 atom stereocenters. The third-order valence-electron chi connectivity index (χ3n) is 6.55. The minimum absolute atomic E-state index is 0.125. The highest BCUT2D eigenvalue weighted by Gasteiger charge is 2.26. The molecule has 0 radical (unpaired) electrons. The molecule has 9 heteroatoms. The highest BCUT2D eigenvalue weighted by Crippen LogP contribution is 2.36. The lowest BCUT2D eigenvalue weighted by Gasteiger charge is -2.17. The molecule has 2 heterocycles. The van der Waals surface area contributed by atoms with E-state index in [0.717, 1.165) is 35.6 Å². The van der Waals surface area contributed by atoms with Crippen LogP contribution in [0, 0.1) is 5.82 Å². The fourth-order valence-electron chi connectivity index (χ4n) is 4.54. The van der Waals surface area contributed by atoms with Crippen LogP contribution in [0.4, 0.5) is 10.1 Å². The molecular weight excluding hydrogens is 493 g/mol. The average Bonchev–Trinajstić information content (AvgIpc) is 3.28. The van der Waals surface area contributed by atoms with Crippen molar-refractivity contribution < 1.29 is 22.9 Å². The quantitative estimate of drug-likeness (QED) is 0.287. The minimum atomic E-state index is -2.61. The minimum Gasteiger partial charge on any atom is -0.494 e. The van der Waals surface area contributed by atoms with Crippen LogP contribution >= 0.6 is 0 Å². The Bertz CT molecular complexity index is 1590. The molecule has 1 aromatic heterocycles. The first-order valence-corrected chi connectivity index (χ1v) is 14.0. The van der Waals surface area contributed by atoms with Crippen LogP contribution in [0.15, 0.2) is 65.2 Å². The molecular formula is C28H28FN3O4S. The van der Waals surface area contributed by atoms with Crippen LogP contribution in [0.25, 0.3) is 10.8 Å². The number of ketones is 1. The monoisotopic (exact) mass is 521 g/mol. The van der Waals surface area contributed by atoms with Gasteiger partial charge in [-0.1, -0.05) is 42.8 Å². The number of carbonyl (C=O) groups excluding carboxylic acids is 1. The third-order valence-corrected chi connectivity index (χ3v) is 8.91. The predicted octanol–water partition coefficient (Wildman–Crippen LogP) is 5.81. The first-order valence-electron chi connectivity index (χ1n) is 12.1. The lowest BCUT2D eigenvalue weighted by atomic mass is 10.0. The fourth-order valence-corrected chi connectivity index (χ4v) is 6.74. The lowest BCUT2D eigenvalue weighted by molar-refractivity contribution is 0.103. The molecule has 0 aliphatic carbocycles. The van der Waals surface area contributed by atoms with Gasteiger partial charge in [0, 0.05) is 18.6 Å². The van der Waals surface area contributed by atoms with Gasteiger partial charge < -0.3 is 9.47 Å². The Morgan fingerprint density at radius 1 is 1.05 bits per heavy atom. The number of carbonyl (C=O) groups is 1. The summed E-state index contributed by atoms with van der Waals surface area (Å²) in [5.41, 5.74) is 0.663. The van der Waals surface area contributed by atoms with Crippen LogP contribution in [0.5, 0.6) is 11.6 Å². The molecule has 192 valence electrons. The molecule has 1 aliphatic rings. The summed E-state index contributed by atoms with van der Waals surface area (Å²) in [6, 6.07) is 16.8. The van der Waals surface area contributed by atoms with E-state index >= 15 is 4.39 Å². The van der Waals surface area contributed by atoms with Crippen molar-refractivity contribution in [1.82, 2.24) is 9.78 Å². The molecule has 0 amide bonds. The van der Waals surface area contributed by atoms with E-state index < -0.39 is 21.3 Å². The molecule has 37 heavy (non-hydrogen) atoms. The average molecular weight is 522 g/mol. The Labute approximate surface area is 215 Å². The maximum absolute atomic E-state index is 15.7. The normalized spacial score (nSPS) is 14.9. The summed E-state index contributed by atoms with van der Waals surface area (Å²) in [4.78, 5) is 13.5. The standard InChI is InChI=1S/C28H28FN3O4S/c1-32-28(36-18-19-10-11-20-8-4-5-9-21(20)16-19)23(17-30-32)27(33)22-12-13-24(35-2)26(25(22)29)31-37(34)14-6-3-7-15-37/h4-5,8-13,16-17H,3,6-7,14-15,18H2,1-2H3. The number of aromatic nitrogens is 2. The number of fused-ring (bicyclic) bond motifs is 1. The highest BCUT2D eigenvalue weighted by molar-refractivity contribution is 7.93. The number of aryl methyl sites for hydroxylation is 1. The van der Waals surface area contributed by atoms with E-state index in [9.17, 15) is 9.00 Å². The summed E-state index contributed by atoms with van der Waals surface area (Å²) >= 11 is 0. The van der Waals surface area contributed by atoms with Crippen molar-refractivity contribution in [3.8, 4) is 11.6 Å². The second-order valence-corrected chi connectivity index (χ2v) is 11.6. The Balaban J connectivity index is 1.46. The van der Waals surface area contributed by atoms with E-state index in [-0.39, 0.29) is 35.1 Å². The van der Waals surface area contributed by atoms with Crippen molar-refractivity contribution in [2.45, 2.75) is 25.9 Å². The van der Waals surface area contributed by atoms with Gasteiger partial charge in [-0.15, -0.1) is 0 Å². The molecule has 3 aromatic carbocycles. The van der Waals surface area contributed by atoms with Gasteiger partial charge in [-0.3, -0.25) is 4.79 Å². The Kier molecular flexibility index (Phi) is 6.97. The van der Waals surface area contributed by atoms with E-state index in [1.807, 2.05) is 42.5 Å². The number of hydrogen-bond donors (Lipinski definition) is 0. The molecule has 1 aliphatic heterocycles. The first-order chi connectivity index (χ1) is 17.9. The van der Waals surface area contributed by atoms with Crippen molar-refractivity contribution in [2.24, 2.45) is 11.4 Å². The first kappa shape index (κ1) is 25.0. The Hall–Kier alpha value is -3.72. The van der Waals surface area contributed by atoms with E-state index in [1.54, 1.807) is 7.05 Å². The van der Waals surface area contributed by atoms with E-state index in [2.05, 4.69) is 9.46 Å². The Morgan fingerprint density at radius 2 is 1.81 bits per heavy atom. The fraction of sp³-hybridized carbons (Fsp3) is 0.286. The summed E-state index contributed by atoms with van der Waals surface area (Å²) in [7, 11) is 0.438. The molecule has 0 N–H and O–H groups in total. The van der Waals surface area contributed by atoms with Gasteiger partial charge in [0.2, 0.25) is 11.7 Å². The predicted molar refractivity (Wildman–Crippen MR) is 142 cm³/mol. The summed E-state index contributed by atoms with van der Waals surface area (Å²) in [6.07, 6.45) is 3.89. The summed E-state index contributed by atoms with van der Waals surface area (Å²) < 4.78 is 46.0. The second-order valence-electron chi connectivity index (χ2n) is 9.10. The largest absolute Gasteiger partial charge is 0.494 e. The number of benzene rings is 3. The summed E-state index contributed by atoms with van der Waals surface area (Å²) in [6.45, 7) is 0.207. The summed E-state index contributed by atoms with van der Waals surface area (Å²) in [5.74, 6) is -0.281. The number of methoxy groups -OCH3 is 1. The van der Waals surface area contributed by atoms with Crippen LogP contribution in [0.1, 0.15) is 40.7 Å². The molecule has 0 spiro atoms. The van der Waals surface area contributed by atoms with Gasteiger partial charge in [-0.05, 0) is 47.4 Å². The van der Waals surface area contributed by atoms with Gasteiger partial charge in [0.25, 0.3) is 0 Å². The molecule has 0 saturated carbocycles. The van der Waals surface area contributed by atoms with E-state index in [0.29, 0.717) is 11.5 Å². The molecule has 5 rings (SSSR count). The third kappa shape index (κ3) is 5.09. The molecule has 0 bridgehead atoms. The van der Waals surface area contributed by atoms with Crippen molar-refractivity contribution in [3.63, 3.8) is 0 Å². The number of rotatable bonds is 7. The van der Waals surface area contributed by atoms with Gasteiger partial charge in [0.05, 0.1) is 28.6 Å². The number of ether oxygens (including phenoxy) is 2. The van der Waals surface area contributed by atoms with Gasteiger partial charge in [0.15, 0.2) is 11.5 Å². The van der Waals surface area contributed by atoms with Crippen LogP contribution in [-0.2, 0) is 23.4 Å². The van der Waals surface area contributed by atoms with Crippen LogP contribution in [-0.4, -0.2) is 38.4 Å². The van der Waals surface area contributed by atoms with Gasteiger partial charge in [-0.25, -0.2) is 13.3 Å². The summed E-state index contributed by atoms with van der Waals surface area (Å²) in [5, 5.41) is 6.37. The maximum Gasteiger partial charge on any atom is 0.223 e. The Morgan fingerprint density at radius 3 is 2.57 bits per heavy atom.